The maximum absolute atomic E-state index is 13.4. The first-order valence-corrected chi connectivity index (χ1v) is 10.5. The zero-order valence-electron chi connectivity index (χ0n) is 17.9. The molecule has 5 amide bonds. The lowest BCUT2D eigenvalue weighted by atomic mass is 10.0. The number of pyridine rings is 1. The van der Waals surface area contributed by atoms with Crippen molar-refractivity contribution >= 4 is 35.2 Å². The number of aromatic nitrogens is 4. The van der Waals surface area contributed by atoms with Gasteiger partial charge in [-0.1, -0.05) is 11.3 Å². The highest BCUT2D eigenvalue weighted by atomic mass is 19.1. The number of hydrogen-bond acceptors (Lipinski definition) is 8. The molecule has 0 saturated carbocycles. The van der Waals surface area contributed by atoms with E-state index in [1.54, 1.807) is 0 Å². The number of carbonyl (C=O) groups excluding carboxylic acids is 5. The summed E-state index contributed by atoms with van der Waals surface area (Å²) in [4.78, 5) is 66.9. The summed E-state index contributed by atoms with van der Waals surface area (Å²) in [5.41, 5.74) is 0.788. The number of fused-ring (bicyclic) bond motifs is 1. The molecule has 5 rings (SSSR count). The molecule has 3 aromatic rings. The summed E-state index contributed by atoms with van der Waals surface area (Å²) < 4.78 is 14.6. The van der Waals surface area contributed by atoms with Crippen LogP contribution in [0.1, 0.15) is 33.6 Å². The first kappa shape index (κ1) is 22.0. The standard InChI is InChI=1S/C22H16FN7O5/c23-12-6-11(7-24-8-12)15-9-29(28-27-15)10-18(32)25-14-3-1-2-13-19(14)22(35)30(21(13)34)16-4-5-17(31)26-20(16)33/h1-3,6-9,16H,4-5,10H2,(H,25,32)(H,26,31,33). The van der Waals surface area contributed by atoms with Crippen molar-refractivity contribution in [3.05, 3.63) is 59.8 Å². The Bertz CT molecular complexity index is 1420. The van der Waals surface area contributed by atoms with Crippen LogP contribution in [0, 0.1) is 5.82 Å². The van der Waals surface area contributed by atoms with Gasteiger partial charge in [0.25, 0.3) is 11.8 Å². The Hall–Kier alpha value is -4.81. The van der Waals surface area contributed by atoms with Crippen LogP contribution in [0.25, 0.3) is 11.3 Å². The molecule has 2 aliphatic heterocycles. The van der Waals surface area contributed by atoms with E-state index < -0.39 is 41.4 Å². The predicted octanol–water partition coefficient (Wildman–Crippen LogP) is 0.519. The normalized spacial score (nSPS) is 17.4. The number of rotatable bonds is 5. The molecule has 0 radical (unpaired) electrons. The topological polar surface area (TPSA) is 156 Å². The number of hydrogen-bond donors (Lipinski definition) is 2. The third-order valence-corrected chi connectivity index (χ3v) is 5.59. The summed E-state index contributed by atoms with van der Waals surface area (Å²) >= 11 is 0. The van der Waals surface area contributed by atoms with Gasteiger partial charge >= 0.3 is 0 Å². The number of amides is 5. The number of piperidine rings is 1. The number of nitrogens with one attached hydrogen (secondary N) is 2. The first-order valence-electron chi connectivity index (χ1n) is 10.5. The second kappa shape index (κ2) is 8.52. The second-order valence-corrected chi connectivity index (χ2v) is 7.92. The minimum atomic E-state index is -1.12. The van der Waals surface area contributed by atoms with Crippen LogP contribution in [0.15, 0.2) is 42.9 Å². The summed E-state index contributed by atoms with van der Waals surface area (Å²) in [5.74, 6) is -3.72. The fourth-order valence-corrected chi connectivity index (χ4v) is 4.02. The molecule has 35 heavy (non-hydrogen) atoms. The number of imide groups is 2. The molecule has 0 spiro atoms. The van der Waals surface area contributed by atoms with Crippen molar-refractivity contribution in [2.45, 2.75) is 25.4 Å². The second-order valence-electron chi connectivity index (χ2n) is 7.92. The summed E-state index contributed by atoms with van der Waals surface area (Å²) in [6.07, 6.45) is 3.91. The van der Waals surface area contributed by atoms with Gasteiger partial charge in [-0.15, -0.1) is 5.10 Å². The van der Waals surface area contributed by atoms with Crippen LogP contribution >= 0.6 is 0 Å². The summed E-state index contributed by atoms with van der Waals surface area (Å²) in [5, 5.41) is 12.5. The molecule has 0 aliphatic carbocycles. The molecule has 1 fully saturated rings. The van der Waals surface area contributed by atoms with Crippen LogP contribution in [-0.2, 0) is 20.9 Å². The number of benzene rings is 1. The minimum absolute atomic E-state index is 0.00101. The lowest BCUT2D eigenvalue weighted by molar-refractivity contribution is -0.136. The SMILES string of the molecule is O=C1CCC(N2C(=O)c3cccc(NC(=O)Cn4cc(-c5cncc(F)c5)nn4)c3C2=O)C(=O)N1. The molecule has 1 atom stereocenters. The van der Waals surface area contributed by atoms with E-state index in [1.807, 2.05) is 0 Å². The molecule has 2 aromatic heterocycles. The highest BCUT2D eigenvalue weighted by Crippen LogP contribution is 2.32. The van der Waals surface area contributed by atoms with Gasteiger partial charge in [0.15, 0.2) is 0 Å². The summed E-state index contributed by atoms with van der Waals surface area (Å²) in [6, 6.07) is 4.49. The zero-order valence-corrected chi connectivity index (χ0v) is 17.9. The van der Waals surface area contributed by atoms with Crippen molar-refractivity contribution in [1.29, 1.82) is 0 Å². The Morgan fingerprint density at radius 3 is 2.77 bits per heavy atom. The molecule has 0 bridgehead atoms. The smallest absolute Gasteiger partial charge is 0.264 e. The Morgan fingerprint density at radius 1 is 1.17 bits per heavy atom. The van der Waals surface area contributed by atoms with Crippen LogP contribution in [0.4, 0.5) is 10.1 Å². The molecular formula is C22H16FN7O5. The molecule has 12 nitrogen and oxygen atoms in total. The average Bonchev–Trinajstić information content (AvgIpc) is 3.37. The number of carbonyl (C=O) groups is 5. The monoisotopic (exact) mass is 477 g/mol. The molecular weight excluding hydrogens is 461 g/mol. The van der Waals surface area contributed by atoms with E-state index in [0.29, 0.717) is 11.3 Å². The summed E-state index contributed by atoms with van der Waals surface area (Å²) in [6.45, 7) is -0.279. The number of halogens is 1. The van der Waals surface area contributed by atoms with E-state index >= 15 is 0 Å². The fourth-order valence-electron chi connectivity index (χ4n) is 4.02. The maximum Gasteiger partial charge on any atom is 0.264 e. The van der Waals surface area contributed by atoms with Crippen LogP contribution < -0.4 is 10.6 Å². The zero-order chi connectivity index (χ0) is 24.7. The van der Waals surface area contributed by atoms with Crippen LogP contribution in [0.5, 0.6) is 0 Å². The molecule has 1 aromatic carbocycles. The van der Waals surface area contributed by atoms with Gasteiger partial charge in [0.05, 0.1) is 29.2 Å². The van der Waals surface area contributed by atoms with Gasteiger partial charge in [0, 0.05) is 18.2 Å². The third kappa shape index (κ3) is 4.03. The van der Waals surface area contributed by atoms with Gasteiger partial charge in [0.1, 0.15) is 24.1 Å². The van der Waals surface area contributed by atoms with Crippen molar-refractivity contribution in [2.75, 3.05) is 5.32 Å². The highest BCUT2D eigenvalue weighted by molar-refractivity contribution is 6.26. The van der Waals surface area contributed by atoms with E-state index in [4.69, 9.17) is 0 Å². The molecule has 1 unspecified atom stereocenters. The van der Waals surface area contributed by atoms with Gasteiger partial charge in [0.2, 0.25) is 17.7 Å². The van der Waals surface area contributed by atoms with Crippen molar-refractivity contribution in [1.82, 2.24) is 30.2 Å². The number of nitrogens with zero attached hydrogens (tertiary/aromatic N) is 5. The largest absolute Gasteiger partial charge is 0.324 e. The maximum atomic E-state index is 13.4. The number of anilines is 1. The highest BCUT2D eigenvalue weighted by Gasteiger charge is 2.45. The van der Waals surface area contributed by atoms with Crippen molar-refractivity contribution in [2.24, 2.45) is 0 Å². The molecule has 176 valence electrons. The Labute approximate surface area is 196 Å². The van der Waals surface area contributed by atoms with Crippen LogP contribution in [-0.4, -0.2) is 60.5 Å². The van der Waals surface area contributed by atoms with E-state index in [2.05, 4.69) is 25.9 Å². The van der Waals surface area contributed by atoms with Gasteiger partial charge in [-0.3, -0.25) is 39.2 Å². The van der Waals surface area contributed by atoms with Crippen LogP contribution in [0.2, 0.25) is 0 Å². The molecule has 2 N–H and O–H groups in total. The Balaban J connectivity index is 1.33. The lowest BCUT2D eigenvalue weighted by Crippen LogP contribution is -2.54. The van der Waals surface area contributed by atoms with Crippen molar-refractivity contribution in [3.63, 3.8) is 0 Å². The van der Waals surface area contributed by atoms with Gasteiger partial charge in [-0.05, 0) is 24.6 Å². The predicted molar refractivity (Wildman–Crippen MR) is 115 cm³/mol. The van der Waals surface area contributed by atoms with E-state index in [-0.39, 0.29) is 36.2 Å². The lowest BCUT2D eigenvalue weighted by Gasteiger charge is -2.27. The molecule has 1 saturated heterocycles. The first-order chi connectivity index (χ1) is 16.8. The summed E-state index contributed by atoms with van der Waals surface area (Å²) in [7, 11) is 0. The minimum Gasteiger partial charge on any atom is -0.324 e. The average molecular weight is 477 g/mol. The van der Waals surface area contributed by atoms with Gasteiger partial charge in [-0.25, -0.2) is 9.07 Å². The Kier molecular flexibility index (Phi) is 5.35. The quantitative estimate of drug-likeness (QED) is 0.504. The van der Waals surface area contributed by atoms with Gasteiger partial charge < -0.3 is 5.32 Å². The van der Waals surface area contributed by atoms with E-state index in [1.165, 1.54) is 41.3 Å². The third-order valence-electron chi connectivity index (χ3n) is 5.59. The van der Waals surface area contributed by atoms with E-state index in [9.17, 15) is 28.4 Å². The van der Waals surface area contributed by atoms with Crippen LogP contribution in [0.3, 0.4) is 0 Å². The van der Waals surface area contributed by atoms with Gasteiger partial charge in [-0.2, -0.15) is 0 Å². The van der Waals surface area contributed by atoms with Crippen molar-refractivity contribution in [3.8, 4) is 11.3 Å². The van der Waals surface area contributed by atoms with Crippen molar-refractivity contribution < 1.29 is 28.4 Å². The van der Waals surface area contributed by atoms with E-state index in [0.717, 1.165) is 11.1 Å². The molecule has 2 aliphatic rings. The molecule has 4 heterocycles. The fraction of sp³-hybridized carbons (Fsp3) is 0.182. The molecule has 13 heteroatoms. The Morgan fingerprint density at radius 2 is 2.00 bits per heavy atom.